The van der Waals surface area contributed by atoms with Crippen LogP contribution in [-0.4, -0.2) is 6.54 Å². The van der Waals surface area contributed by atoms with E-state index in [0.717, 1.165) is 26.9 Å². The molecule has 0 saturated carbocycles. The number of halogens is 2. The lowest BCUT2D eigenvalue weighted by molar-refractivity contribution is 0.209. The van der Waals surface area contributed by atoms with Crippen LogP contribution >= 0.6 is 31.9 Å². The molecule has 0 spiro atoms. The Morgan fingerprint density at radius 1 is 1.11 bits per heavy atom. The first-order valence-electron chi connectivity index (χ1n) is 5.68. The van der Waals surface area contributed by atoms with Crippen molar-refractivity contribution in [1.29, 1.82) is 0 Å². The zero-order valence-electron chi connectivity index (χ0n) is 9.49. The molecule has 1 heterocycles. The normalized spacial score (nSPS) is 17.6. The molecule has 0 radical (unpaired) electrons. The smallest absolute Gasteiger partial charge is 0.157 e. The summed E-state index contributed by atoms with van der Waals surface area (Å²) in [6.45, 7) is 0.778. The van der Waals surface area contributed by atoms with E-state index in [1.807, 2.05) is 30.3 Å². The van der Waals surface area contributed by atoms with Gasteiger partial charge < -0.3 is 10.1 Å². The first kappa shape index (κ1) is 12.1. The Labute approximate surface area is 123 Å². The minimum atomic E-state index is 0.0358. The molecule has 1 aliphatic heterocycles. The topological polar surface area (TPSA) is 21.3 Å². The van der Waals surface area contributed by atoms with Gasteiger partial charge in [-0.1, -0.05) is 34.1 Å². The highest BCUT2D eigenvalue weighted by molar-refractivity contribution is 9.10. The molecule has 0 aromatic heterocycles. The molecule has 92 valence electrons. The Morgan fingerprint density at radius 2 is 1.94 bits per heavy atom. The molecule has 4 heteroatoms. The van der Waals surface area contributed by atoms with Gasteiger partial charge in [0, 0.05) is 4.47 Å². The summed E-state index contributed by atoms with van der Waals surface area (Å²) >= 11 is 7.01. The van der Waals surface area contributed by atoms with Crippen molar-refractivity contribution in [2.75, 3.05) is 11.9 Å². The molecular formula is C14H11Br2NO. The highest BCUT2D eigenvalue weighted by Gasteiger charge is 2.22. The van der Waals surface area contributed by atoms with Crippen LogP contribution in [0.15, 0.2) is 51.4 Å². The van der Waals surface area contributed by atoms with Gasteiger partial charge in [-0.15, -0.1) is 0 Å². The summed E-state index contributed by atoms with van der Waals surface area (Å²) in [6, 6.07) is 14.2. The third kappa shape index (κ3) is 2.27. The molecule has 1 atom stereocenters. The summed E-state index contributed by atoms with van der Waals surface area (Å²) in [5.41, 5.74) is 2.20. The fourth-order valence-corrected chi connectivity index (χ4v) is 2.92. The summed E-state index contributed by atoms with van der Waals surface area (Å²) in [5.74, 6) is 0.883. The molecule has 1 aliphatic rings. The van der Waals surface area contributed by atoms with Gasteiger partial charge in [0.15, 0.2) is 5.75 Å². The van der Waals surface area contributed by atoms with Crippen molar-refractivity contribution < 1.29 is 4.74 Å². The van der Waals surface area contributed by atoms with Gasteiger partial charge >= 0.3 is 0 Å². The molecule has 2 nitrogen and oxygen atoms in total. The Balaban J connectivity index is 1.93. The predicted octanol–water partition coefficient (Wildman–Crippen LogP) is 4.76. The summed E-state index contributed by atoms with van der Waals surface area (Å²) < 4.78 is 8.12. The number of anilines is 1. The lowest BCUT2D eigenvalue weighted by Crippen LogP contribution is -2.23. The van der Waals surface area contributed by atoms with Gasteiger partial charge in [-0.25, -0.2) is 0 Å². The minimum Gasteiger partial charge on any atom is -0.481 e. The molecule has 1 unspecified atom stereocenters. The van der Waals surface area contributed by atoms with Crippen LogP contribution < -0.4 is 10.1 Å². The van der Waals surface area contributed by atoms with E-state index in [1.165, 1.54) is 5.56 Å². The summed E-state index contributed by atoms with van der Waals surface area (Å²) in [5, 5.41) is 3.40. The minimum absolute atomic E-state index is 0.0358. The number of fused-ring (bicyclic) bond motifs is 1. The van der Waals surface area contributed by atoms with Gasteiger partial charge in [-0.2, -0.15) is 0 Å². The van der Waals surface area contributed by atoms with Crippen molar-refractivity contribution in [3.8, 4) is 5.75 Å². The predicted molar refractivity (Wildman–Crippen MR) is 80.1 cm³/mol. The van der Waals surface area contributed by atoms with Crippen molar-refractivity contribution in [1.82, 2.24) is 0 Å². The molecule has 18 heavy (non-hydrogen) atoms. The van der Waals surface area contributed by atoms with Crippen LogP contribution in [0.2, 0.25) is 0 Å². The maximum atomic E-state index is 6.07. The highest BCUT2D eigenvalue weighted by Crippen LogP contribution is 2.39. The van der Waals surface area contributed by atoms with E-state index in [4.69, 9.17) is 4.74 Å². The Morgan fingerprint density at radius 3 is 2.78 bits per heavy atom. The van der Waals surface area contributed by atoms with Gasteiger partial charge in [-0.3, -0.25) is 0 Å². The maximum absolute atomic E-state index is 6.07. The Bertz CT molecular complexity index is 586. The van der Waals surface area contributed by atoms with Crippen LogP contribution in [0.5, 0.6) is 5.75 Å². The fourth-order valence-electron chi connectivity index (χ4n) is 2.05. The number of ether oxygens (including phenoxy) is 1. The lowest BCUT2D eigenvalue weighted by Gasteiger charge is -2.28. The molecule has 0 fully saturated rings. The first-order valence-corrected chi connectivity index (χ1v) is 7.27. The standard InChI is InChI=1S/C14H11Br2NO/c15-10-4-1-3-9(7-10)13-8-17-12-6-2-5-11(16)14(12)18-13/h1-7,13,17H,8H2. The van der Waals surface area contributed by atoms with Crippen molar-refractivity contribution >= 4 is 37.5 Å². The van der Waals surface area contributed by atoms with Crippen LogP contribution in [-0.2, 0) is 0 Å². The van der Waals surface area contributed by atoms with E-state index in [1.54, 1.807) is 0 Å². The van der Waals surface area contributed by atoms with Crippen LogP contribution in [0, 0.1) is 0 Å². The molecule has 2 aromatic rings. The van der Waals surface area contributed by atoms with Gasteiger partial charge in [0.2, 0.25) is 0 Å². The molecule has 1 N–H and O–H groups in total. The molecule has 2 aromatic carbocycles. The van der Waals surface area contributed by atoms with E-state index in [2.05, 4.69) is 49.3 Å². The highest BCUT2D eigenvalue weighted by atomic mass is 79.9. The molecule has 0 bridgehead atoms. The van der Waals surface area contributed by atoms with Crippen LogP contribution in [0.3, 0.4) is 0 Å². The average molecular weight is 369 g/mol. The average Bonchev–Trinajstić information content (AvgIpc) is 2.39. The third-order valence-corrected chi connectivity index (χ3v) is 4.04. The number of rotatable bonds is 1. The van der Waals surface area contributed by atoms with E-state index in [0.29, 0.717) is 0 Å². The maximum Gasteiger partial charge on any atom is 0.157 e. The molecule has 0 aliphatic carbocycles. The van der Waals surface area contributed by atoms with Crippen molar-refractivity contribution in [2.45, 2.75) is 6.10 Å². The van der Waals surface area contributed by atoms with Crippen molar-refractivity contribution in [2.24, 2.45) is 0 Å². The zero-order chi connectivity index (χ0) is 12.5. The fraction of sp³-hybridized carbons (Fsp3) is 0.143. The third-order valence-electron chi connectivity index (χ3n) is 2.93. The molecule has 3 rings (SSSR count). The first-order chi connectivity index (χ1) is 8.74. The number of hydrogen-bond donors (Lipinski definition) is 1. The quantitative estimate of drug-likeness (QED) is 0.783. The van der Waals surface area contributed by atoms with E-state index >= 15 is 0 Å². The lowest BCUT2D eigenvalue weighted by atomic mass is 10.1. The second-order valence-corrected chi connectivity index (χ2v) is 5.93. The van der Waals surface area contributed by atoms with Gasteiger partial charge in [-0.05, 0) is 45.8 Å². The summed E-state index contributed by atoms with van der Waals surface area (Å²) in [4.78, 5) is 0. The van der Waals surface area contributed by atoms with Crippen LogP contribution in [0.1, 0.15) is 11.7 Å². The largest absolute Gasteiger partial charge is 0.481 e. The second-order valence-electron chi connectivity index (χ2n) is 4.16. The van der Waals surface area contributed by atoms with Crippen LogP contribution in [0.25, 0.3) is 0 Å². The van der Waals surface area contributed by atoms with Gasteiger partial charge in [0.1, 0.15) is 6.10 Å². The summed E-state index contributed by atoms with van der Waals surface area (Å²) in [7, 11) is 0. The van der Waals surface area contributed by atoms with E-state index in [9.17, 15) is 0 Å². The molecule has 0 saturated heterocycles. The van der Waals surface area contributed by atoms with Crippen molar-refractivity contribution in [3.05, 3.63) is 57.0 Å². The number of hydrogen-bond acceptors (Lipinski definition) is 2. The van der Waals surface area contributed by atoms with Gasteiger partial charge in [0.05, 0.1) is 16.7 Å². The van der Waals surface area contributed by atoms with Gasteiger partial charge in [0.25, 0.3) is 0 Å². The zero-order valence-corrected chi connectivity index (χ0v) is 12.7. The SMILES string of the molecule is Brc1cccc(C2CNc3cccc(Br)c3O2)c1. The second kappa shape index (κ2) is 4.94. The van der Waals surface area contributed by atoms with Crippen molar-refractivity contribution in [3.63, 3.8) is 0 Å². The number of para-hydroxylation sites is 1. The van der Waals surface area contributed by atoms with E-state index in [-0.39, 0.29) is 6.10 Å². The number of benzene rings is 2. The summed E-state index contributed by atoms with van der Waals surface area (Å²) in [6.07, 6.45) is 0.0358. The number of nitrogens with one attached hydrogen (secondary N) is 1. The Hall–Kier alpha value is -1.00. The van der Waals surface area contributed by atoms with E-state index < -0.39 is 0 Å². The molecule has 0 amide bonds. The Kier molecular flexibility index (Phi) is 3.31. The molecular weight excluding hydrogens is 358 g/mol. The van der Waals surface area contributed by atoms with Crippen LogP contribution in [0.4, 0.5) is 5.69 Å². The monoisotopic (exact) mass is 367 g/mol.